The molecular formula is C14H19FN2O2. The normalized spacial score (nSPS) is 20.1. The van der Waals surface area contributed by atoms with Gasteiger partial charge in [-0.25, -0.2) is 9.18 Å². The van der Waals surface area contributed by atoms with E-state index in [9.17, 15) is 9.18 Å². The summed E-state index contributed by atoms with van der Waals surface area (Å²) in [7, 11) is 4.10. The zero-order chi connectivity index (χ0) is 14.0. The summed E-state index contributed by atoms with van der Waals surface area (Å²) in [5, 5.41) is 9.11. The van der Waals surface area contributed by atoms with Crippen LogP contribution in [-0.2, 0) is 6.54 Å². The van der Waals surface area contributed by atoms with Crippen LogP contribution < -0.4 is 0 Å². The molecule has 1 aliphatic heterocycles. The van der Waals surface area contributed by atoms with E-state index in [0.29, 0.717) is 18.2 Å². The summed E-state index contributed by atoms with van der Waals surface area (Å²) < 4.78 is 13.1. The molecule has 1 fully saturated rings. The van der Waals surface area contributed by atoms with Crippen molar-refractivity contribution in [1.82, 2.24) is 9.80 Å². The first kappa shape index (κ1) is 14.0. The third kappa shape index (κ3) is 3.30. The van der Waals surface area contributed by atoms with E-state index in [1.54, 1.807) is 6.07 Å². The molecule has 4 nitrogen and oxygen atoms in total. The molecule has 1 atom stereocenters. The minimum Gasteiger partial charge on any atom is -0.478 e. The molecular weight excluding hydrogens is 247 g/mol. The number of benzene rings is 1. The summed E-state index contributed by atoms with van der Waals surface area (Å²) in [6.07, 6.45) is 1.08. The number of carboxylic acids is 1. The highest BCUT2D eigenvalue weighted by Crippen LogP contribution is 2.19. The highest BCUT2D eigenvalue weighted by molar-refractivity contribution is 5.89. The van der Waals surface area contributed by atoms with Gasteiger partial charge in [0.2, 0.25) is 0 Å². The van der Waals surface area contributed by atoms with E-state index in [0.717, 1.165) is 25.6 Å². The number of hydrogen-bond acceptors (Lipinski definition) is 3. The molecule has 104 valence electrons. The standard InChI is InChI=1S/C14H19FN2O2/c1-16(2)12-5-6-17(9-12)8-10-3-4-11(15)7-13(10)14(18)19/h3-4,7,12H,5-6,8-9H2,1-2H3,(H,18,19). The highest BCUT2D eigenvalue weighted by Gasteiger charge is 2.25. The number of aromatic carboxylic acids is 1. The Balaban J connectivity index is 2.10. The summed E-state index contributed by atoms with van der Waals surface area (Å²) in [6, 6.07) is 4.49. The van der Waals surface area contributed by atoms with Gasteiger partial charge in [-0.05, 0) is 38.2 Å². The lowest BCUT2D eigenvalue weighted by molar-refractivity contribution is 0.0694. The molecule has 1 aromatic carbocycles. The van der Waals surface area contributed by atoms with Crippen molar-refractivity contribution >= 4 is 5.97 Å². The van der Waals surface area contributed by atoms with Crippen LogP contribution in [0.25, 0.3) is 0 Å². The maximum atomic E-state index is 13.1. The average molecular weight is 266 g/mol. The van der Waals surface area contributed by atoms with Crippen molar-refractivity contribution in [2.45, 2.75) is 19.0 Å². The average Bonchev–Trinajstić information content (AvgIpc) is 2.80. The molecule has 0 amide bonds. The third-order valence-electron chi connectivity index (χ3n) is 3.67. The van der Waals surface area contributed by atoms with Gasteiger partial charge in [0.25, 0.3) is 0 Å². The Bertz CT molecular complexity index is 477. The van der Waals surface area contributed by atoms with Crippen molar-refractivity contribution in [3.8, 4) is 0 Å². The fraction of sp³-hybridized carbons (Fsp3) is 0.500. The highest BCUT2D eigenvalue weighted by atomic mass is 19.1. The fourth-order valence-electron chi connectivity index (χ4n) is 2.50. The van der Waals surface area contributed by atoms with Crippen molar-refractivity contribution in [3.63, 3.8) is 0 Å². The zero-order valence-electron chi connectivity index (χ0n) is 11.3. The van der Waals surface area contributed by atoms with Crippen molar-refractivity contribution < 1.29 is 14.3 Å². The van der Waals surface area contributed by atoms with Crippen LogP contribution in [0.2, 0.25) is 0 Å². The first-order valence-electron chi connectivity index (χ1n) is 6.38. The van der Waals surface area contributed by atoms with Gasteiger partial charge < -0.3 is 10.0 Å². The first-order valence-corrected chi connectivity index (χ1v) is 6.38. The van der Waals surface area contributed by atoms with E-state index < -0.39 is 11.8 Å². The molecule has 1 unspecified atom stereocenters. The summed E-state index contributed by atoms with van der Waals surface area (Å²) in [6.45, 7) is 2.43. The number of hydrogen-bond donors (Lipinski definition) is 1. The van der Waals surface area contributed by atoms with Crippen LogP contribution in [0.1, 0.15) is 22.3 Å². The van der Waals surface area contributed by atoms with Crippen LogP contribution in [-0.4, -0.2) is 54.1 Å². The van der Waals surface area contributed by atoms with E-state index in [4.69, 9.17) is 5.11 Å². The van der Waals surface area contributed by atoms with Crippen LogP contribution in [0.3, 0.4) is 0 Å². The number of carboxylic acid groups (broad SMARTS) is 1. The molecule has 0 aliphatic carbocycles. The number of likely N-dealkylation sites (N-methyl/N-ethyl adjacent to an activating group) is 1. The van der Waals surface area contributed by atoms with Crippen molar-refractivity contribution in [2.75, 3.05) is 27.2 Å². The van der Waals surface area contributed by atoms with Crippen LogP contribution in [0.4, 0.5) is 4.39 Å². The Hall–Kier alpha value is -1.46. The lowest BCUT2D eigenvalue weighted by Gasteiger charge is -2.20. The van der Waals surface area contributed by atoms with E-state index in [1.807, 2.05) is 0 Å². The SMILES string of the molecule is CN(C)C1CCN(Cc2ccc(F)cc2C(=O)O)C1. The van der Waals surface area contributed by atoms with Crippen molar-refractivity contribution in [2.24, 2.45) is 0 Å². The molecule has 1 aliphatic rings. The van der Waals surface area contributed by atoms with E-state index in [-0.39, 0.29) is 5.56 Å². The molecule has 1 saturated heterocycles. The Labute approximate surface area is 112 Å². The molecule has 2 rings (SSSR count). The monoisotopic (exact) mass is 266 g/mol. The molecule has 1 heterocycles. The molecule has 0 aromatic heterocycles. The zero-order valence-corrected chi connectivity index (χ0v) is 11.3. The quantitative estimate of drug-likeness (QED) is 0.900. The molecule has 19 heavy (non-hydrogen) atoms. The predicted octanol–water partition coefficient (Wildman–Crippen LogP) is 1.66. The van der Waals surface area contributed by atoms with Gasteiger partial charge in [-0.15, -0.1) is 0 Å². The smallest absolute Gasteiger partial charge is 0.336 e. The second kappa shape index (κ2) is 5.67. The minimum atomic E-state index is -1.07. The van der Waals surface area contributed by atoms with Gasteiger partial charge in [-0.2, -0.15) is 0 Å². The third-order valence-corrected chi connectivity index (χ3v) is 3.67. The predicted molar refractivity (Wildman–Crippen MR) is 70.7 cm³/mol. The van der Waals surface area contributed by atoms with Gasteiger partial charge in [0.05, 0.1) is 5.56 Å². The molecule has 0 saturated carbocycles. The van der Waals surface area contributed by atoms with Gasteiger partial charge in [0.15, 0.2) is 0 Å². The Morgan fingerprint density at radius 1 is 1.53 bits per heavy atom. The Kier molecular flexibility index (Phi) is 4.17. The van der Waals surface area contributed by atoms with Gasteiger partial charge in [0, 0.05) is 25.7 Å². The second-order valence-corrected chi connectivity index (χ2v) is 5.25. The summed E-state index contributed by atoms with van der Waals surface area (Å²) in [4.78, 5) is 15.5. The molecule has 0 bridgehead atoms. The van der Waals surface area contributed by atoms with Crippen molar-refractivity contribution in [1.29, 1.82) is 0 Å². The number of rotatable bonds is 4. The number of carbonyl (C=O) groups is 1. The summed E-state index contributed by atoms with van der Waals surface area (Å²) in [5.41, 5.74) is 0.738. The second-order valence-electron chi connectivity index (χ2n) is 5.25. The molecule has 1 aromatic rings. The first-order chi connectivity index (χ1) is 8.97. The van der Waals surface area contributed by atoms with Gasteiger partial charge in [0.1, 0.15) is 5.82 Å². The van der Waals surface area contributed by atoms with Crippen LogP contribution in [0.15, 0.2) is 18.2 Å². The van der Waals surface area contributed by atoms with Crippen LogP contribution in [0.5, 0.6) is 0 Å². The number of nitrogens with zero attached hydrogens (tertiary/aromatic N) is 2. The fourth-order valence-corrected chi connectivity index (χ4v) is 2.50. The molecule has 0 spiro atoms. The number of halogens is 1. The van der Waals surface area contributed by atoms with Gasteiger partial charge in [-0.3, -0.25) is 4.90 Å². The molecule has 5 heteroatoms. The summed E-state index contributed by atoms with van der Waals surface area (Å²) >= 11 is 0. The maximum Gasteiger partial charge on any atom is 0.336 e. The molecule has 0 radical (unpaired) electrons. The van der Waals surface area contributed by atoms with Gasteiger partial charge >= 0.3 is 5.97 Å². The Morgan fingerprint density at radius 2 is 2.26 bits per heavy atom. The van der Waals surface area contributed by atoms with E-state index >= 15 is 0 Å². The lowest BCUT2D eigenvalue weighted by Crippen LogP contribution is -2.31. The summed E-state index contributed by atoms with van der Waals surface area (Å²) in [5.74, 6) is -1.58. The number of likely N-dealkylation sites (tertiary alicyclic amines) is 1. The topological polar surface area (TPSA) is 43.8 Å². The van der Waals surface area contributed by atoms with E-state index in [2.05, 4.69) is 23.9 Å². The maximum absolute atomic E-state index is 13.1. The Morgan fingerprint density at radius 3 is 2.84 bits per heavy atom. The van der Waals surface area contributed by atoms with Crippen LogP contribution in [0, 0.1) is 5.82 Å². The minimum absolute atomic E-state index is 0.0632. The van der Waals surface area contributed by atoms with Crippen LogP contribution >= 0.6 is 0 Å². The largest absolute Gasteiger partial charge is 0.478 e. The lowest BCUT2D eigenvalue weighted by atomic mass is 10.1. The molecule has 1 N–H and O–H groups in total. The van der Waals surface area contributed by atoms with Crippen molar-refractivity contribution in [3.05, 3.63) is 35.1 Å². The van der Waals surface area contributed by atoms with Gasteiger partial charge in [-0.1, -0.05) is 6.07 Å². The van der Waals surface area contributed by atoms with E-state index in [1.165, 1.54) is 6.07 Å².